The molecule has 0 radical (unpaired) electrons. The Morgan fingerprint density at radius 3 is 2.74 bits per heavy atom. The Bertz CT molecular complexity index is 1520. The van der Waals surface area contributed by atoms with E-state index in [1.807, 2.05) is 54.6 Å². The zero-order chi connectivity index (χ0) is 27.2. The highest BCUT2D eigenvalue weighted by Crippen LogP contribution is 2.27. The summed E-state index contributed by atoms with van der Waals surface area (Å²) in [4.78, 5) is 13.8. The van der Waals surface area contributed by atoms with E-state index >= 15 is 0 Å². The van der Waals surface area contributed by atoms with Crippen molar-refractivity contribution >= 4 is 11.5 Å². The standard InChI is InChI=1S/C31H28N6O2/c1-4-8-29(24-11-6-9-22(5-2)15-24)34-31-21(3)35-36-37(31)20-23-10-7-12-25(16-23)30-32-18-28(19-33-30)39-27-14-13-26(38)17-27/h2,4,6-12,15-16,18-19,26-27,38H,1,3,13-14,17,20H2/b29-8-,34-31?. The van der Waals surface area contributed by atoms with Gasteiger partial charge in [0, 0.05) is 23.1 Å². The second kappa shape index (κ2) is 11.7. The summed E-state index contributed by atoms with van der Waals surface area (Å²) in [6, 6.07) is 15.5. The highest BCUT2D eigenvalue weighted by Gasteiger charge is 2.25. The molecule has 1 aromatic heterocycles. The Morgan fingerprint density at radius 2 is 2.00 bits per heavy atom. The number of hydrogen-bond donors (Lipinski definition) is 1. The number of benzene rings is 2. The predicted octanol–water partition coefficient (Wildman–Crippen LogP) is 5.74. The van der Waals surface area contributed by atoms with Gasteiger partial charge in [-0.05, 0) is 42.7 Å². The molecule has 0 spiro atoms. The molecule has 1 fully saturated rings. The summed E-state index contributed by atoms with van der Waals surface area (Å²) in [6.45, 7) is 8.26. The summed E-state index contributed by atoms with van der Waals surface area (Å²) in [5.41, 5.74) is 4.58. The quantitative estimate of drug-likeness (QED) is 0.304. The third-order valence-electron chi connectivity index (χ3n) is 6.41. The number of allylic oxidation sites excluding steroid dienone is 2. The summed E-state index contributed by atoms with van der Waals surface area (Å²) in [6.07, 6.45) is 14.4. The van der Waals surface area contributed by atoms with Crippen LogP contribution < -0.4 is 4.74 Å². The van der Waals surface area contributed by atoms with E-state index in [4.69, 9.17) is 16.2 Å². The number of rotatable bonds is 8. The van der Waals surface area contributed by atoms with Gasteiger partial charge >= 0.3 is 0 Å². The van der Waals surface area contributed by atoms with Gasteiger partial charge in [0.25, 0.3) is 0 Å². The zero-order valence-electron chi connectivity index (χ0n) is 21.4. The van der Waals surface area contributed by atoms with Crippen LogP contribution in [0.2, 0.25) is 0 Å². The van der Waals surface area contributed by atoms with Gasteiger partial charge in [-0.25, -0.2) is 20.0 Å². The van der Waals surface area contributed by atoms with Crippen LogP contribution in [0.3, 0.4) is 0 Å². The fourth-order valence-electron chi connectivity index (χ4n) is 4.49. The van der Waals surface area contributed by atoms with Crippen molar-refractivity contribution in [3.8, 4) is 29.5 Å². The van der Waals surface area contributed by atoms with Crippen molar-refractivity contribution in [2.75, 3.05) is 0 Å². The average molecular weight is 517 g/mol. The number of hydrogen-bond acceptors (Lipinski definition) is 7. The van der Waals surface area contributed by atoms with E-state index in [0.29, 0.717) is 41.8 Å². The Morgan fingerprint density at radius 1 is 1.18 bits per heavy atom. The molecule has 2 aliphatic rings. The lowest BCUT2D eigenvalue weighted by Gasteiger charge is -2.15. The Labute approximate surface area is 227 Å². The molecule has 1 saturated carbocycles. The van der Waals surface area contributed by atoms with Gasteiger partial charge in [-0.3, -0.25) is 0 Å². The van der Waals surface area contributed by atoms with Gasteiger partial charge in [0.1, 0.15) is 11.8 Å². The van der Waals surface area contributed by atoms with Gasteiger partial charge in [-0.1, -0.05) is 60.7 Å². The summed E-state index contributed by atoms with van der Waals surface area (Å²) in [5, 5.41) is 19.9. The maximum Gasteiger partial charge on any atom is 0.178 e. The van der Waals surface area contributed by atoms with Crippen molar-refractivity contribution in [2.24, 2.45) is 15.3 Å². The molecule has 8 nitrogen and oxygen atoms in total. The third kappa shape index (κ3) is 6.17. The SMILES string of the molecule is C#Cc1cccc(/C(=C/C=C)N=C2C(=C)N=NN2Cc2cccc(-c3ncc(OC4CCC(O)C4)cn3)c2)c1. The molecule has 0 amide bonds. The molecule has 1 aliphatic heterocycles. The van der Waals surface area contributed by atoms with Crippen LogP contribution in [0.25, 0.3) is 17.1 Å². The number of aliphatic hydroxyl groups excluding tert-OH is 1. The highest BCUT2D eigenvalue weighted by atomic mass is 16.5. The zero-order valence-corrected chi connectivity index (χ0v) is 21.4. The first kappa shape index (κ1) is 25.8. The maximum atomic E-state index is 9.72. The molecule has 0 saturated heterocycles. The molecule has 194 valence electrons. The Kier molecular flexibility index (Phi) is 7.71. The van der Waals surface area contributed by atoms with Gasteiger partial charge in [-0.2, -0.15) is 0 Å². The van der Waals surface area contributed by atoms with Gasteiger partial charge in [0.05, 0.1) is 30.7 Å². The number of terminal acetylenes is 1. The smallest absolute Gasteiger partial charge is 0.178 e. The number of amidine groups is 1. The predicted molar refractivity (Wildman–Crippen MR) is 151 cm³/mol. The minimum absolute atomic E-state index is 0.00104. The van der Waals surface area contributed by atoms with Crippen LogP contribution in [0.1, 0.15) is 36.0 Å². The summed E-state index contributed by atoms with van der Waals surface area (Å²) < 4.78 is 5.91. The molecule has 5 rings (SSSR count). The number of nitrogens with zero attached hydrogens (tertiary/aromatic N) is 6. The molecule has 2 aromatic carbocycles. The third-order valence-corrected chi connectivity index (χ3v) is 6.41. The van der Waals surface area contributed by atoms with Gasteiger partial charge in [0.2, 0.25) is 0 Å². The van der Waals surface area contributed by atoms with Crippen molar-refractivity contribution in [3.63, 3.8) is 0 Å². The normalized spacial score (nSPS) is 19.9. The summed E-state index contributed by atoms with van der Waals surface area (Å²) in [7, 11) is 0. The minimum atomic E-state index is -0.292. The lowest BCUT2D eigenvalue weighted by molar-refractivity contribution is 0.149. The Balaban J connectivity index is 1.33. The van der Waals surface area contributed by atoms with E-state index in [9.17, 15) is 5.11 Å². The van der Waals surface area contributed by atoms with Crippen molar-refractivity contribution in [3.05, 3.63) is 109 Å². The van der Waals surface area contributed by atoms with E-state index in [1.54, 1.807) is 23.5 Å². The monoisotopic (exact) mass is 516 g/mol. The fraction of sp³-hybridized carbons (Fsp3) is 0.194. The second-order valence-electron chi connectivity index (χ2n) is 9.29. The number of aliphatic imine (C=N–C) groups is 1. The van der Waals surface area contributed by atoms with Gasteiger partial charge < -0.3 is 9.84 Å². The van der Waals surface area contributed by atoms with Crippen LogP contribution in [-0.2, 0) is 6.54 Å². The van der Waals surface area contributed by atoms with Crippen LogP contribution in [-0.4, -0.2) is 38.1 Å². The number of ether oxygens (including phenoxy) is 1. The van der Waals surface area contributed by atoms with Gasteiger partial charge in [0.15, 0.2) is 17.4 Å². The van der Waals surface area contributed by atoms with E-state index < -0.39 is 0 Å². The van der Waals surface area contributed by atoms with Crippen molar-refractivity contribution < 1.29 is 9.84 Å². The number of aromatic nitrogens is 2. The molecule has 8 heteroatoms. The topological polar surface area (TPSA) is 95.6 Å². The van der Waals surface area contributed by atoms with Crippen LogP contribution in [0.4, 0.5) is 0 Å². The van der Waals surface area contributed by atoms with E-state index in [0.717, 1.165) is 35.1 Å². The molecule has 0 bridgehead atoms. The van der Waals surface area contributed by atoms with E-state index in [-0.39, 0.29) is 12.2 Å². The summed E-state index contributed by atoms with van der Waals surface area (Å²) in [5.74, 6) is 4.38. The second-order valence-corrected chi connectivity index (χ2v) is 9.29. The molecule has 2 atom stereocenters. The molecular weight excluding hydrogens is 488 g/mol. The highest BCUT2D eigenvalue weighted by molar-refractivity contribution is 6.01. The number of aliphatic hydroxyl groups is 1. The minimum Gasteiger partial charge on any atom is -0.487 e. The van der Waals surface area contributed by atoms with Crippen molar-refractivity contribution in [2.45, 2.75) is 38.0 Å². The Hall–Kier alpha value is -4.87. The molecule has 1 N–H and O–H groups in total. The van der Waals surface area contributed by atoms with E-state index in [2.05, 4.69) is 39.4 Å². The molecule has 39 heavy (non-hydrogen) atoms. The van der Waals surface area contributed by atoms with Crippen LogP contribution in [0.15, 0.2) is 107 Å². The molecule has 1 aliphatic carbocycles. The van der Waals surface area contributed by atoms with Crippen LogP contribution in [0.5, 0.6) is 5.75 Å². The van der Waals surface area contributed by atoms with Crippen molar-refractivity contribution in [1.29, 1.82) is 0 Å². The molecular formula is C31H28N6O2. The van der Waals surface area contributed by atoms with Crippen LogP contribution >= 0.6 is 0 Å². The largest absolute Gasteiger partial charge is 0.487 e. The first-order valence-electron chi connectivity index (χ1n) is 12.7. The van der Waals surface area contributed by atoms with E-state index in [1.165, 1.54) is 0 Å². The lowest BCUT2D eigenvalue weighted by Crippen LogP contribution is -2.22. The molecule has 2 unspecified atom stereocenters. The fourth-order valence-corrected chi connectivity index (χ4v) is 4.49. The van der Waals surface area contributed by atoms with Gasteiger partial charge in [-0.15, -0.1) is 11.5 Å². The van der Waals surface area contributed by atoms with Crippen molar-refractivity contribution in [1.82, 2.24) is 15.0 Å². The first-order chi connectivity index (χ1) is 19.0. The van der Waals surface area contributed by atoms with Crippen LogP contribution in [0, 0.1) is 12.3 Å². The molecule has 2 heterocycles. The lowest BCUT2D eigenvalue weighted by atomic mass is 10.1. The maximum absolute atomic E-state index is 9.72. The molecule has 3 aromatic rings. The first-order valence-corrected chi connectivity index (χ1v) is 12.7. The summed E-state index contributed by atoms with van der Waals surface area (Å²) >= 11 is 0. The average Bonchev–Trinajstić information content (AvgIpc) is 3.53.